The van der Waals surface area contributed by atoms with Crippen molar-refractivity contribution >= 4 is 23.6 Å². The number of amides is 2. The van der Waals surface area contributed by atoms with Gasteiger partial charge in [0.15, 0.2) is 12.4 Å². The van der Waals surface area contributed by atoms with Crippen molar-refractivity contribution in [1.29, 1.82) is 0 Å². The van der Waals surface area contributed by atoms with Crippen LogP contribution in [0.4, 0.5) is 0 Å². The highest BCUT2D eigenvalue weighted by Gasteiger charge is 2.17. The number of aromatic hydroxyl groups is 1. The van der Waals surface area contributed by atoms with E-state index >= 15 is 0 Å². The van der Waals surface area contributed by atoms with Crippen LogP contribution in [0.25, 0.3) is 0 Å². The van der Waals surface area contributed by atoms with Crippen molar-refractivity contribution in [2.45, 2.75) is 0 Å². The Morgan fingerprint density at radius 1 is 0.781 bits per heavy atom. The number of phenols is 1. The number of phenolic OH excluding ortho intramolecular Hbond substituents is 1. The van der Waals surface area contributed by atoms with E-state index in [4.69, 9.17) is 9.84 Å². The number of hydrogen-bond donors (Lipinski definition) is 4. The highest BCUT2D eigenvalue weighted by atomic mass is 16.5. The number of carbonyl (C=O) groups is 4. The van der Waals surface area contributed by atoms with Gasteiger partial charge in [0.1, 0.15) is 11.5 Å². The number of ketones is 1. The molecule has 0 aliphatic heterocycles. The summed E-state index contributed by atoms with van der Waals surface area (Å²) in [7, 11) is 0. The topological polar surface area (TPSA) is 142 Å². The molecule has 0 saturated heterocycles. The van der Waals surface area contributed by atoms with Gasteiger partial charge >= 0.3 is 5.97 Å². The number of benzene rings is 3. The van der Waals surface area contributed by atoms with Crippen molar-refractivity contribution in [3.8, 4) is 11.5 Å². The van der Waals surface area contributed by atoms with Gasteiger partial charge in [-0.05, 0) is 24.3 Å². The predicted molar refractivity (Wildman–Crippen MR) is 112 cm³/mol. The first-order chi connectivity index (χ1) is 15.4. The van der Waals surface area contributed by atoms with Crippen LogP contribution in [-0.2, 0) is 4.79 Å². The van der Waals surface area contributed by atoms with E-state index in [0.29, 0.717) is 5.56 Å². The molecule has 9 heteroatoms. The molecular weight excluding hydrogens is 416 g/mol. The fraction of sp³-hybridized carbons (Fsp3) is 0.0435. The molecule has 162 valence electrons. The number of carboxylic acids is 1. The van der Waals surface area contributed by atoms with Gasteiger partial charge in [-0.1, -0.05) is 42.5 Å². The van der Waals surface area contributed by atoms with Crippen molar-refractivity contribution in [1.82, 2.24) is 10.9 Å². The lowest BCUT2D eigenvalue weighted by atomic mass is 10.0. The SMILES string of the molecule is O=C(COc1ccc(C(=O)c2ccccc2)c(O)c1)NNC(=O)c1ccccc1C(=O)O. The van der Waals surface area contributed by atoms with Crippen LogP contribution >= 0.6 is 0 Å². The molecule has 0 heterocycles. The first-order valence-electron chi connectivity index (χ1n) is 9.34. The van der Waals surface area contributed by atoms with Gasteiger partial charge in [0.05, 0.1) is 16.7 Å². The molecule has 0 aliphatic carbocycles. The molecule has 2 amide bonds. The molecule has 3 aromatic rings. The number of aromatic carboxylic acids is 1. The fourth-order valence-electron chi connectivity index (χ4n) is 2.78. The van der Waals surface area contributed by atoms with Gasteiger partial charge in [-0.25, -0.2) is 4.79 Å². The van der Waals surface area contributed by atoms with Crippen LogP contribution in [0.2, 0.25) is 0 Å². The molecular formula is C23H18N2O7. The number of hydrogen-bond acceptors (Lipinski definition) is 6. The van der Waals surface area contributed by atoms with E-state index in [0.717, 1.165) is 0 Å². The molecule has 0 aromatic heterocycles. The summed E-state index contributed by atoms with van der Waals surface area (Å²) in [4.78, 5) is 47.7. The molecule has 0 saturated carbocycles. The van der Waals surface area contributed by atoms with Gasteiger partial charge in [-0.2, -0.15) is 0 Å². The van der Waals surface area contributed by atoms with Gasteiger partial charge < -0.3 is 14.9 Å². The first kappa shape index (κ1) is 22.0. The maximum atomic E-state index is 12.4. The largest absolute Gasteiger partial charge is 0.507 e. The van der Waals surface area contributed by atoms with Crippen molar-refractivity contribution in [3.63, 3.8) is 0 Å². The highest BCUT2D eigenvalue weighted by Crippen LogP contribution is 2.25. The van der Waals surface area contributed by atoms with Crippen LogP contribution in [-0.4, -0.2) is 40.4 Å². The smallest absolute Gasteiger partial charge is 0.336 e. The number of nitrogens with one attached hydrogen (secondary N) is 2. The summed E-state index contributed by atoms with van der Waals surface area (Å²) in [6.07, 6.45) is 0. The average Bonchev–Trinajstić information content (AvgIpc) is 2.81. The van der Waals surface area contributed by atoms with Crippen LogP contribution < -0.4 is 15.6 Å². The van der Waals surface area contributed by atoms with Crippen molar-refractivity contribution in [2.24, 2.45) is 0 Å². The first-order valence-corrected chi connectivity index (χ1v) is 9.34. The Balaban J connectivity index is 1.55. The molecule has 9 nitrogen and oxygen atoms in total. The third-order valence-electron chi connectivity index (χ3n) is 4.34. The van der Waals surface area contributed by atoms with Crippen molar-refractivity contribution in [3.05, 3.63) is 95.1 Å². The second kappa shape index (κ2) is 9.90. The number of hydrazine groups is 1. The maximum absolute atomic E-state index is 12.4. The van der Waals surface area contributed by atoms with E-state index in [1.807, 2.05) is 0 Å². The minimum atomic E-state index is -1.28. The zero-order valence-electron chi connectivity index (χ0n) is 16.6. The second-order valence-corrected chi connectivity index (χ2v) is 6.52. The Kier molecular flexibility index (Phi) is 6.81. The summed E-state index contributed by atoms with van der Waals surface area (Å²) in [6, 6.07) is 18.0. The second-order valence-electron chi connectivity index (χ2n) is 6.52. The fourth-order valence-corrected chi connectivity index (χ4v) is 2.78. The van der Waals surface area contributed by atoms with Crippen LogP contribution in [0, 0.1) is 0 Å². The zero-order chi connectivity index (χ0) is 23.1. The minimum Gasteiger partial charge on any atom is -0.507 e. The third kappa shape index (κ3) is 5.28. The summed E-state index contributed by atoms with van der Waals surface area (Å²) in [6.45, 7) is -0.508. The molecule has 3 rings (SSSR count). The van der Waals surface area contributed by atoms with Crippen LogP contribution in [0.15, 0.2) is 72.8 Å². The van der Waals surface area contributed by atoms with Crippen molar-refractivity contribution < 1.29 is 34.1 Å². The molecule has 0 unspecified atom stereocenters. The van der Waals surface area contributed by atoms with Crippen LogP contribution in [0.5, 0.6) is 11.5 Å². The van der Waals surface area contributed by atoms with Crippen LogP contribution in [0.1, 0.15) is 36.6 Å². The molecule has 0 spiro atoms. The van der Waals surface area contributed by atoms with E-state index in [-0.39, 0.29) is 34.0 Å². The summed E-state index contributed by atoms with van der Waals surface area (Å²) < 4.78 is 5.26. The molecule has 32 heavy (non-hydrogen) atoms. The predicted octanol–water partition coefficient (Wildman–Crippen LogP) is 2.16. The highest BCUT2D eigenvalue weighted by molar-refractivity contribution is 6.10. The Hall–Kier alpha value is -4.66. The standard InChI is InChI=1S/C23H18N2O7/c26-19-12-15(10-11-18(19)21(28)14-6-2-1-3-7-14)32-13-20(27)24-25-22(29)16-8-4-5-9-17(16)23(30)31/h1-12,26H,13H2,(H,24,27)(H,25,29)(H,30,31). The summed E-state index contributed by atoms with van der Waals surface area (Å²) in [5.74, 6) is -3.36. The summed E-state index contributed by atoms with van der Waals surface area (Å²) in [5.41, 5.74) is 4.38. The Bertz CT molecular complexity index is 1180. The molecule has 4 N–H and O–H groups in total. The van der Waals surface area contributed by atoms with Crippen LogP contribution in [0.3, 0.4) is 0 Å². The van der Waals surface area contributed by atoms with Gasteiger partial charge in [-0.15, -0.1) is 0 Å². The maximum Gasteiger partial charge on any atom is 0.336 e. The average molecular weight is 434 g/mol. The van der Waals surface area contributed by atoms with E-state index in [1.54, 1.807) is 30.3 Å². The lowest BCUT2D eigenvalue weighted by Gasteiger charge is -2.11. The molecule has 0 fully saturated rings. The Morgan fingerprint density at radius 2 is 1.44 bits per heavy atom. The summed E-state index contributed by atoms with van der Waals surface area (Å²) >= 11 is 0. The normalized spacial score (nSPS) is 10.1. The molecule has 0 aliphatic rings. The Labute approximate surface area is 182 Å². The number of carboxylic acid groups (broad SMARTS) is 1. The lowest BCUT2D eigenvalue weighted by molar-refractivity contribution is -0.123. The number of ether oxygens (including phenoxy) is 1. The molecule has 0 bridgehead atoms. The van der Waals surface area contributed by atoms with Gasteiger partial charge in [0, 0.05) is 11.6 Å². The molecule has 0 atom stereocenters. The third-order valence-corrected chi connectivity index (χ3v) is 4.34. The van der Waals surface area contributed by atoms with E-state index in [9.17, 15) is 24.3 Å². The van der Waals surface area contributed by atoms with Crippen molar-refractivity contribution in [2.75, 3.05) is 6.61 Å². The number of carbonyl (C=O) groups excluding carboxylic acids is 3. The van der Waals surface area contributed by atoms with E-state index in [2.05, 4.69) is 10.9 Å². The van der Waals surface area contributed by atoms with Gasteiger partial charge in [0.25, 0.3) is 11.8 Å². The monoisotopic (exact) mass is 434 g/mol. The summed E-state index contributed by atoms with van der Waals surface area (Å²) in [5, 5.41) is 19.3. The number of rotatable bonds is 7. The molecule has 3 aromatic carbocycles. The quantitative estimate of drug-likeness (QED) is 0.330. The minimum absolute atomic E-state index is 0.0809. The Morgan fingerprint density at radius 3 is 2.09 bits per heavy atom. The van der Waals surface area contributed by atoms with E-state index < -0.39 is 24.4 Å². The lowest BCUT2D eigenvalue weighted by Crippen LogP contribution is -2.44. The van der Waals surface area contributed by atoms with Gasteiger partial charge in [0.2, 0.25) is 0 Å². The molecule has 0 radical (unpaired) electrons. The van der Waals surface area contributed by atoms with Gasteiger partial charge in [-0.3, -0.25) is 25.2 Å². The van der Waals surface area contributed by atoms with E-state index in [1.165, 1.54) is 42.5 Å². The zero-order valence-corrected chi connectivity index (χ0v) is 16.6.